The van der Waals surface area contributed by atoms with Crippen LogP contribution in [0.1, 0.15) is 11.1 Å². The van der Waals surface area contributed by atoms with Gasteiger partial charge in [0.05, 0.1) is 4.47 Å². The van der Waals surface area contributed by atoms with E-state index >= 15 is 0 Å². The first kappa shape index (κ1) is 11.6. The molecule has 2 rings (SSSR count). The summed E-state index contributed by atoms with van der Waals surface area (Å²) in [6, 6.07) is 2.26. The average Bonchev–Trinajstić information content (AvgIpc) is 2.17. The highest BCUT2D eigenvalue weighted by Gasteiger charge is 2.39. The number of hydrogen-bond acceptors (Lipinski definition) is 1. The number of nitrogens with zero attached hydrogens (tertiary/aromatic N) is 1. The second-order valence-electron chi connectivity index (χ2n) is 3.40. The van der Waals surface area contributed by atoms with Crippen LogP contribution in [0.5, 0.6) is 0 Å². The van der Waals surface area contributed by atoms with Gasteiger partial charge in [0.25, 0.3) is 0 Å². The van der Waals surface area contributed by atoms with Crippen LogP contribution in [0.4, 0.5) is 17.6 Å². The summed E-state index contributed by atoms with van der Waals surface area (Å²) >= 11 is 2.95. The lowest BCUT2D eigenvalue weighted by Gasteiger charge is -2.19. The molecule has 0 spiro atoms. The molecule has 16 heavy (non-hydrogen) atoms. The molecule has 1 aliphatic heterocycles. The van der Waals surface area contributed by atoms with Crippen molar-refractivity contribution in [2.75, 3.05) is 6.54 Å². The maximum absolute atomic E-state index is 13.2. The monoisotopic (exact) mass is 295 g/mol. The lowest BCUT2D eigenvalue weighted by Crippen LogP contribution is -2.28. The second-order valence-corrected chi connectivity index (χ2v) is 4.26. The zero-order chi connectivity index (χ0) is 11.9. The minimum atomic E-state index is -4.53. The molecule has 1 aliphatic rings. The smallest absolute Gasteiger partial charge is 0.280 e. The molecule has 1 aromatic rings. The van der Waals surface area contributed by atoms with Crippen molar-refractivity contribution < 1.29 is 17.6 Å². The number of alkyl halides is 3. The molecule has 0 unspecified atom stereocenters. The highest BCUT2D eigenvalue weighted by Crippen LogP contribution is 2.30. The van der Waals surface area contributed by atoms with E-state index in [1.54, 1.807) is 0 Å². The van der Waals surface area contributed by atoms with Gasteiger partial charge in [-0.2, -0.15) is 13.2 Å². The first-order valence-corrected chi connectivity index (χ1v) is 5.29. The predicted octanol–water partition coefficient (Wildman–Crippen LogP) is 3.50. The molecule has 0 aliphatic carbocycles. The molecule has 86 valence electrons. The summed E-state index contributed by atoms with van der Waals surface area (Å²) in [7, 11) is 0. The van der Waals surface area contributed by atoms with E-state index in [-0.39, 0.29) is 16.6 Å². The number of aliphatic imine (C=N–C) groups is 1. The fourth-order valence-corrected chi connectivity index (χ4v) is 2.02. The van der Waals surface area contributed by atoms with Crippen LogP contribution in [-0.4, -0.2) is 18.4 Å². The molecule has 0 bridgehead atoms. The van der Waals surface area contributed by atoms with Crippen molar-refractivity contribution >= 4 is 21.6 Å². The molecule has 0 saturated heterocycles. The van der Waals surface area contributed by atoms with Crippen molar-refractivity contribution in [1.29, 1.82) is 0 Å². The molecular formula is C10H6BrF4N. The maximum atomic E-state index is 13.2. The predicted molar refractivity (Wildman–Crippen MR) is 55.3 cm³/mol. The van der Waals surface area contributed by atoms with Crippen LogP contribution < -0.4 is 0 Å². The zero-order valence-electron chi connectivity index (χ0n) is 7.91. The third-order valence-electron chi connectivity index (χ3n) is 2.32. The molecular weight excluding hydrogens is 290 g/mol. The van der Waals surface area contributed by atoms with Crippen molar-refractivity contribution in [3.63, 3.8) is 0 Å². The van der Waals surface area contributed by atoms with Crippen LogP contribution >= 0.6 is 15.9 Å². The molecule has 0 amide bonds. The molecule has 6 heteroatoms. The summed E-state index contributed by atoms with van der Waals surface area (Å²) in [6.07, 6.45) is -4.14. The van der Waals surface area contributed by atoms with Crippen LogP contribution in [0.2, 0.25) is 0 Å². The van der Waals surface area contributed by atoms with Gasteiger partial charge >= 0.3 is 6.18 Å². The van der Waals surface area contributed by atoms with E-state index in [2.05, 4.69) is 20.9 Å². The van der Waals surface area contributed by atoms with E-state index < -0.39 is 17.7 Å². The van der Waals surface area contributed by atoms with Crippen molar-refractivity contribution in [3.05, 3.63) is 33.5 Å². The molecule has 0 atom stereocenters. The van der Waals surface area contributed by atoms with Gasteiger partial charge in [0.15, 0.2) is 0 Å². The van der Waals surface area contributed by atoms with E-state index in [9.17, 15) is 17.6 Å². The Kier molecular flexibility index (Phi) is 2.77. The SMILES string of the molecule is Fc1cc2c(cc1Br)CCN=C2C(F)(F)F. The Morgan fingerprint density at radius 1 is 1.25 bits per heavy atom. The summed E-state index contributed by atoms with van der Waals surface area (Å²) in [4.78, 5) is 3.42. The molecule has 0 saturated carbocycles. The molecule has 1 aromatic carbocycles. The van der Waals surface area contributed by atoms with Gasteiger partial charge in [0, 0.05) is 12.1 Å². The van der Waals surface area contributed by atoms with E-state index in [0.29, 0.717) is 12.0 Å². The van der Waals surface area contributed by atoms with Crippen molar-refractivity contribution in [2.24, 2.45) is 4.99 Å². The number of halogens is 5. The quantitative estimate of drug-likeness (QED) is 0.650. The van der Waals surface area contributed by atoms with Gasteiger partial charge in [0.1, 0.15) is 11.5 Å². The summed E-state index contributed by atoms with van der Waals surface area (Å²) in [5.41, 5.74) is -0.671. The minimum absolute atomic E-state index is 0.0832. The van der Waals surface area contributed by atoms with Gasteiger partial charge in [-0.3, -0.25) is 4.99 Å². The van der Waals surface area contributed by atoms with Crippen LogP contribution in [0.25, 0.3) is 0 Å². The van der Waals surface area contributed by atoms with Crippen molar-refractivity contribution in [2.45, 2.75) is 12.6 Å². The molecule has 0 fully saturated rings. The molecule has 1 heterocycles. The van der Waals surface area contributed by atoms with Crippen molar-refractivity contribution in [1.82, 2.24) is 0 Å². The Hall–Kier alpha value is -0.910. The molecule has 0 N–H and O–H groups in total. The highest BCUT2D eigenvalue weighted by atomic mass is 79.9. The Bertz CT molecular complexity index is 465. The third-order valence-corrected chi connectivity index (χ3v) is 2.93. The maximum Gasteiger partial charge on any atom is 0.433 e. The van der Waals surface area contributed by atoms with E-state index in [1.165, 1.54) is 6.07 Å². The van der Waals surface area contributed by atoms with E-state index in [1.807, 2.05) is 0 Å². The lowest BCUT2D eigenvalue weighted by molar-refractivity contribution is -0.0584. The van der Waals surface area contributed by atoms with Gasteiger partial charge in [-0.15, -0.1) is 0 Å². The Morgan fingerprint density at radius 2 is 1.94 bits per heavy atom. The van der Waals surface area contributed by atoms with Gasteiger partial charge in [0.2, 0.25) is 0 Å². The van der Waals surface area contributed by atoms with Crippen molar-refractivity contribution in [3.8, 4) is 0 Å². The first-order valence-electron chi connectivity index (χ1n) is 4.49. The van der Waals surface area contributed by atoms with Crippen LogP contribution in [0.3, 0.4) is 0 Å². The average molecular weight is 296 g/mol. The summed E-state index contributed by atoms with van der Waals surface area (Å²) < 4.78 is 51.1. The largest absolute Gasteiger partial charge is 0.433 e. The fourth-order valence-electron chi connectivity index (χ4n) is 1.63. The van der Waals surface area contributed by atoms with Gasteiger partial charge in [-0.05, 0) is 40.0 Å². The summed E-state index contributed by atoms with van der Waals surface area (Å²) in [5.74, 6) is -0.711. The number of hydrogen-bond donors (Lipinski definition) is 0. The normalized spacial score (nSPS) is 15.7. The van der Waals surface area contributed by atoms with Gasteiger partial charge in [-0.1, -0.05) is 0 Å². The summed E-state index contributed by atoms with van der Waals surface area (Å²) in [5, 5.41) is 0. The molecule has 0 radical (unpaired) electrons. The van der Waals surface area contributed by atoms with Crippen LogP contribution in [0, 0.1) is 5.82 Å². The number of rotatable bonds is 0. The Labute approximate surface area is 97.3 Å². The topological polar surface area (TPSA) is 12.4 Å². The fraction of sp³-hybridized carbons (Fsp3) is 0.300. The lowest BCUT2D eigenvalue weighted by atomic mass is 9.97. The van der Waals surface area contributed by atoms with E-state index in [0.717, 1.165) is 6.07 Å². The second kappa shape index (κ2) is 3.84. The first-order chi connectivity index (χ1) is 7.39. The van der Waals surface area contributed by atoms with Gasteiger partial charge < -0.3 is 0 Å². The van der Waals surface area contributed by atoms with E-state index in [4.69, 9.17) is 0 Å². The minimum Gasteiger partial charge on any atom is -0.280 e. The van der Waals surface area contributed by atoms with Crippen LogP contribution in [-0.2, 0) is 6.42 Å². The standard InChI is InChI=1S/C10H6BrF4N/c11-7-3-5-1-2-16-9(10(13,14)15)6(5)4-8(7)12/h3-4H,1-2H2. The molecule has 0 aromatic heterocycles. The highest BCUT2D eigenvalue weighted by molar-refractivity contribution is 9.10. The zero-order valence-corrected chi connectivity index (χ0v) is 9.49. The third kappa shape index (κ3) is 1.98. The summed E-state index contributed by atoms with van der Waals surface area (Å²) in [6.45, 7) is 0.0832. The Morgan fingerprint density at radius 3 is 2.56 bits per heavy atom. The number of benzene rings is 1. The van der Waals surface area contributed by atoms with Gasteiger partial charge in [-0.25, -0.2) is 4.39 Å². The number of fused-ring (bicyclic) bond motifs is 1. The van der Waals surface area contributed by atoms with Crippen LogP contribution in [0.15, 0.2) is 21.6 Å². The Balaban J connectivity index is 2.58. The molecule has 1 nitrogen and oxygen atoms in total.